The van der Waals surface area contributed by atoms with Gasteiger partial charge in [-0.2, -0.15) is 0 Å². The Morgan fingerprint density at radius 3 is 2.38 bits per heavy atom. The first-order chi connectivity index (χ1) is 11.4. The fourth-order valence-corrected chi connectivity index (χ4v) is 2.91. The number of hydrogen-bond donors (Lipinski definition) is 2. The van der Waals surface area contributed by atoms with Gasteiger partial charge in [0.2, 0.25) is 0 Å². The summed E-state index contributed by atoms with van der Waals surface area (Å²) in [5, 5.41) is 7.76. The van der Waals surface area contributed by atoms with E-state index in [2.05, 4.69) is 10.6 Å². The lowest BCUT2D eigenvalue weighted by Gasteiger charge is -2.15. The van der Waals surface area contributed by atoms with Crippen LogP contribution in [0.1, 0.15) is 16.7 Å². The van der Waals surface area contributed by atoms with E-state index < -0.39 is 0 Å². The SMILES string of the molecule is Cc1cccc(C)c1NC(=S)Nc1ccc2c(C)cc(=O)oc2c1. The summed E-state index contributed by atoms with van der Waals surface area (Å²) < 4.78 is 5.26. The highest BCUT2D eigenvalue weighted by Gasteiger charge is 2.07. The normalized spacial score (nSPS) is 10.6. The average Bonchev–Trinajstić information content (AvgIpc) is 2.50. The van der Waals surface area contributed by atoms with E-state index in [0.29, 0.717) is 10.7 Å². The first-order valence-corrected chi connectivity index (χ1v) is 8.03. The number of fused-ring (bicyclic) bond motifs is 1. The maximum Gasteiger partial charge on any atom is 0.336 e. The molecule has 1 heterocycles. The van der Waals surface area contributed by atoms with Crippen LogP contribution in [0, 0.1) is 20.8 Å². The summed E-state index contributed by atoms with van der Waals surface area (Å²) in [6.07, 6.45) is 0. The minimum absolute atomic E-state index is 0.353. The van der Waals surface area contributed by atoms with Gasteiger partial charge in [0, 0.05) is 28.9 Å². The van der Waals surface area contributed by atoms with Crippen LogP contribution in [0.3, 0.4) is 0 Å². The Kier molecular flexibility index (Phi) is 4.36. The molecule has 0 aliphatic carbocycles. The lowest BCUT2D eigenvalue weighted by molar-refractivity contribution is 0.560. The molecule has 24 heavy (non-hydrogen) atoms. The van der Waals surface area contributed by atoms with Crippen LogP contribution < -0.4 is 16.3 Å². The molecule has 0 saturated heterocycles. The van der Waals surface area contributed by atoms with Crippen LogP contribution in [0.25, 0.3) is 11.0 Å². The van der Waals surface area contributed by atoms with Crippen molar-refractivity contribution in [3.05, 3.63) is 69.6 Å². The molecule has 122 valence electrons. The molecule has 0 amide bonds. The highest BCUT2D eigenvalue weighted by molar-refractivity contribution is 7.80. The molecule has 5 heteroatoms. The Labute approximate surface area is 145 Å². The lowest BCUT2D eigenvalue weighted by Crippen LogP contribution is -2.20. The van der Waals surface area contributed by atoms with Gasteiger partial charge in [-0.3, -0.25) is 0 Å². The predicted molar refractivity (Wildman–Crippen MR) is 103 cm³/mol. The molecule has 0 spiro atoms. The molecule has 3 aromatic rings. The van der Waals surface area contributed by atoms with Gasteiger partial charge in [0.25, 0.3) is 0 Å². The van der Waals surface area contributed by atoms with Crippen LogP contribution in [0.15, 0.2) is 51.7 Å². The largest absolute Gasteiger partial charge is 0.423 e. The number of rotatable bonds is 2. The molecular formula is C19H18N2O2S. The fraction of sp³-hybridized carbons (Fsp3) is 0.158. The van der Waals surface area contributed by atoms with Crippen LogP contribution in [0.4, 0.5) is 11.4 Å². The number of thiocarbonyl (C=S) groups is 1. The molecule has 2 aromatic carbocycles. The molecule has 0 radical (unpaired) electrons. The molecule has 0 aliphatic rings. The molecule has 0 bridgehead atoms. The number of hydrogen-bond acceptors (Lipinski definition) is 3. The molecule has 3 rings (SSSR count). The van der Waals surface area contributed by atoms with Crippen molar-refractivity contribution in [1.29, 1.82) is 0 Å². The van der Waals surface area contributed by atoms with Crippen molar-refractivity contribution >= 4 is 39.7 Å². The second-order valence-electron chi connectivity index (χ2n) is 5.81. The van der Waals surface area contributed by atoms with Crippen LogP contribution in [-0.4, -0.2) is 5.11 Å². The van der Waals surface area contributed by atoms with Gasteiger partial charge in [0.15, 0.2) is 5.11 Å². The quantitative estimate of drug-likeness (QED) is 0.531. The van der Waals surface area contributed by atoms with Crippen molar-refractivity contribution in [2.24, 2.45) is 0 Å². The molecule has 1 aromatic heterocycles. The van der Waals surface area contributed by atoms with E-state index >= 15 is 0 Å². The molecule has 2 N–H and O–H groups in total. The molecule has 0 unspecified atom stereocenters. The summed E-state index contributed by atoms with van der Waals surface area (Å²) in [7, 11) is 0. The maximum atomic E-state index is 11.5. The Hall–Kier alpha value is -2.66. The molecule has 4 nitrogen and oxygen atoms in total. The van der Waals surface area contributed by atoms with Gasteiger partial charge in [-0.1, -0.05) is 18.2 Å². The summed E-state index contributed by atoms with van der Waals surface area (Å²) >= 11 is 5.40. The highest BCUT2D eigenvalue weighted by Crippen LogP contribution is 2.22. The topological polar surface area (TPSA) is 54.3 Å². The van der Waals surface area contributed by atoms with Gasteiger partial charge in [0.1, 0.15) is 5.58 Å². The summed E-state index contributed by atoms with van der Waals surface area (Å²) in [6, 6.07) is 13.2. The Balaban J connectivity index is 1.84. The third-order valence-electron chi connectivity index (χ3n) is 3.93. The van der Waals surface area contributed by atoms with E-state index in [1.165, 1.54) is 6.07 Å². The highest BCUT2D eigenvalue weighted by atomic mass is 32.1. The number of benzene rings is 2. The second-order valence-corrected chi connectivity index (χ2v) is 6.21. The fourth-order valence-electron chi connectivity index (χ4n) is 2.69. The van der Waals surface area contributed by atoms with Gasteiger partial charge in [-0.25, -0.2) is 4.79 Å². The molecule has 0 atom stereocenters. The van der Waals surface area contributed by atoms with Gasteiger partial charge < -0.3 is 15.1 Å². The Morgan fingerprint density at radius 2 is 1.67 bits per heavy atom. The van der Waals surface area contributed by atoms with Gasteiger partial charge in [0.05, 0.1) is 0 Å². The summed E-state index contributed by atoms with van der Waals surface area (Å²) in [5.41, 5.74) is 5.09. The standard InChI is InChI=1S/C19H18N2O2S/c1-11-5-4-6-12(2)18(11)21-19(24)20-14-7-8-15-13(3)9-17(22)23-16(15)10-14/h4-10H,1-3H3,(H2,20,21,24). The van der Waals surface area contributed by atoms with Crippen LogP contribution in [0.2, 0.25) is 0 Å². The van der Waals surface area contributed by atoms with Crippen molar-refractivity contribution in [3.8, 4) is 0 Å². The third-order valence-corrected chi connectivity index (χ3v) is 4.13. The molecule has 0 fully saturated rings. The van der Waals surface area contributed by atoms with E-state index in [9.17, 15) is 4.79 Å². The van der Waals surface area contributed by atoms with Crippen LogP contribution in [-0.2, 0) is 0 Å². The Morgan fingerprint density at radius 1 is 0.958 bits per heavy atom. The number of anilines is 2. The summed E-state index contributed by atoms with van der Waals surface area (Å²) in [6.45, 7) is 5.95. The van der Waals surface area contributed by atoms with Gasteiger partial charge in [-0.15, -0.1) is 0 Å². The van der Waals surface area contributed by atoms with E-state index in [1.807, 2.05) is 51.1 Å². The van der Waals surface area contributed by atoms with Crippen molar-refractivity contribution in [2.75, 3.05) is 10.6 Å². The van der Waals surface area contributed by atoms with Crippen molar-refractivity contribution in [1.82, 2.24) is 0 Å². The second kappa shape index (κ2) is 6.45. The molecular weight excluding hydrogens is 320 g/mol. The van der Waals surface area contributed by atoms with Crippen molar-refractivity contribution in [3.63, 3.8) is 0 Å². The maximum absolute atomic E-state index is 11.5. The lowest BCUT2D eigenvalue weighted by atomic mass is 10.1. The number of nitrogens with one attached hydrogen (secondary N) is 2. The number of aryl methyl sites for hydroxylation is 3. The monoisotopic (exact) mass is 338 g/mol. The third kappa shape index (κ3) is 3.31. The minimum atomic E-state index is -0.353. The zero-order valence-electron chi connectivity index (χ0n) is 13.8. The first kappa shape index (κ1) is 16.2. The summed E-state index contributed by atoms with van der Waals surface area (Å²) in [4.78, 5) is 11.5. The van der Waals surface area contributed by atoms with Crippen molar-refractivity contribution < 1.29 is 4.42 Å². The Bertz CT molecular complexity index is 972. The number of para-hydroxylation sites is 1. The van der Waals surface area contributed by atoms with E-state index in [1.54, 1.807) is 6.07 Å². The van der Waals surface area contributed by atoms with Crippen LogP contribution in [0.5, 0.6) is 0 Å². The predicted octanol–water partition coefficient (Wildman–Crippen LogP) is 4.53. The summed E-state index contributed by atoms with van der Waals surface area (Å²) in [5.74, 6) is 0. The van der Waals surface area contributed by atoms with Gasteiger partial charge >= 0.3 is 5.63 Å². The van der Waals surface area contributed by atoms with E-state index in [0.717, 1.165) is 33.5 Å². The average molecular weight is 338 g/mol. The van der Waals surface area contributed by atoms with E-state index in [-0.39, 0.29) is 5.63 Å². The van der Waals surface area contributed by atoms with E-state index in [4.69, 9.17) is 16.6 Å². The first-order valence-electron chi connectivity index (χ1n) is 7.63. The zero-order valence-corrected chi connectivity index (χ0v) is 14.6. The smallest absolute Gasteiger partial charge is 0.336 e. The van der Waals surface area contributed by atoms with Gasteiger partial charge in [-0.05, 0) is 61.8 Å². The van der Waals surface area contributed by atoms with Crippen molar-refractivity contribution in [2.45, 2.75) is 20.8 Å². The van der Waals surface area contributed by atoms with Crippen LogP contribution >= 0.6 is 12.2 Å². The zero-order chi connectivity index (χ0) is 17.3. The minimum Gasteiger partial charge on any atom is -0.423 e. The molecule has 0 aliphatic heterocycles. The molecule has 0 saturated carbocycles.